The van der Waals surface area contributed by atoms with Crippen LogP contribution in [0.4, 0.5) is 4.39 Å². The Hall–Kier alpha value is -0.640. The standard InChI is InChI=1S/C12H18ClFN2/c1-16(2)7-3-6-15-9-10-4-5-11(14)8-12(10)13/h4-5,8,15H,3,6-7,9H2,1-2H3. The van der Waals surface area contributed by atoms with Gasteiger partial charge in [-0.15, -0.1) is 0 Å². The number of nitrogens with one attached hydrogen (secondary N) is 1. The number of hydrogen-bond donors (Lipinski definition) is 1. The molecule has 1 aromatic carbocycles. The molecule has 0 saturated carbocycles. The first-order valence-corrected chi connectivity index (χ1v) is 5.77. The number of benzene rings is 1. The first-order valence-electron chi connectivity index (χ1n) is 5.39. The zero-order valence-corrected chi connectivity index (χ0v) is 10.5. The van der Waals surface area contributed by atoms with Gasteiger partial charge in [-0.3, -0.25) is 0 Å². The van der Waals surface area contributed by atoms with Crippen molar-refractivity contribution in [2.45, 2.75) is 13.0 Å². The fourth-order valence-electron chi connectivity index (χ4n) is 1.41. The van der Waals surface area contributed by atoms with Gasteiger partial charge in [0.15, 0.2) is 0 Å². The molecule has 0 aromatic heterocycles. The van der Waals surface area contributed by atoms with E-state index in [2.05, 4.69) is 24.3 Å². The monoisotopic (exact) mass is 244 g/mol. The normalized spacial score (nSPS) is 11.1. The van der Waals surface area contributed by atoms with Crippen LogP contribution in [-0.2, 0) is 6.54 Å². The lowest BCUT2D eigenvalue weighted by Gasteiger charge is -2.10. The SMILES string of the molecule is CN(C)CCCNCc1ccc(F)cc1Cl. The molecular weight excluding hydrogens is 227 g/mol. The molecule has 0 radical (unpaired) electrons. The minimum absolute atomic E-state index is 0.290. The van der Waals surface area contributed by atoms with E-state index in [0.717, 1.165) is 25.1 Å². The van der Waals surface area contributed by atoms with Crippen molar-refractivity contribution in [1.29, 1.82) is 0 Å². The van der Waals surface area contributed by atoms with E-state index in [1.54, 1.807) is 6.07 Å². The van der Waals surface area contributed by atoms with E-state index in [1.165, 1.54) is 12.1 Å². The van der Waals surface area contributed by atoms with Crippen LogP contribution in [0.15, 0.2) is 18.2 Å². The average molecular weight is 245 g/mol. The van der Waals surface area contributed by atoms with Gasteiger partial charge in [-0.2, -0.15) is 0 Å². The van der Waals surface area contributed by atoms with Gasteiger partial charge in [0.05, 0.1) is 0 Å². The Kier molecular flexibility index (Phi) is 5.74. The molecule has 0 saturated heterocycles. The van der Waals surface area contributed by atoms with Gasteiger partial charge in [0.2, 0.25) is 0 Å². The van der Waals surface area contributed by atoms with E-state index >= 15 is 0 Å². The highest BCUT2D eigenvalue weighted by Gasteiger charge is 2.01. The van der Waals surface area contributed by atoms with E-state index < -0.39 is 0 Å². The summed E-state index contributed by atoms with van der Waals surface area (Å²) >= 11 is 5.90. The van der Waals surface area contributed by atoms with Crippen LogP contribution in [0.2, 0.25) is 5.02 Å². The molecule has 0 fully saturated rings. The third kappa shape index (κ3) is 4.92. The maximum absolute atomic E-state index is 12.8. The van der Waals surface area contributed by atoms with Crippen molar-refractivity contribution in [2.75, 3.05) is 27.2 Å². The molecule has 0 aliphatic carbocycles. The molecule has 0 spiro atoms. The Morgan fingerprint density at radius 2 is 2.12 bits per heavy atom. The smallest absolute Gasteiger partial charge is 0.124 e. The Morgan fingerprint density at radius 3 is 2.75 bits per heavy atom. The van der Waals surface area contributed by atoms with Gasteiger partial charge >= 0.3 is 0 Å². The van der Waals surface area contributed by atoms with Gasteiger partial charge in [-0.25, -0.2) is 4.39 Å². The lowest BCUT2D eigenvalue weighted by molar-refractivity contribution is 0.394. The summed E-state index contributed by atoms with van der Waals surface area (Å²) in [7, 11) is 4.10. The molecule has 0 unspecified atom stereocenters. The predicted molar refractivity (Wildman–Crippen MR) is 66.3 cm³/mol. The first-order chi connectivity index (χ1) is 7.59. The summed E-state index contributed by atoms with van der Waals surface area (Å²) < 4.78 is 12.8. The summed E-state index contributed by atoms with van der Waals surface area (Å²) in [5.74, 6) is -0.290. The van der Waals surface area contributed by atoms with Gasteiger partial charge < -0.3 is 10.2 Å². The summed E-state index contributed by atoms with van der Waals surface area (Å²) in [6.45, 7) is 2.68. The molecule has 1 rings (SSSR count). The van der Waals surface area contributed by atoms with Crippen LogP contribution in [0.1, 0.15) is 12.0 Å². The molecule has 0 aliphatic rings. The molecule has 0 amide bonds. The quantitative estimate of drug-likeness (QED) is 0.774. The van der Waals surface area contributed by atoms with E-state index in [1.807, 2.05) is 0 Å². The molecular formula is C12H18ClFN2. The summed E-state index contributed by atoms with van der Waals surface area (Å²) in [5, 5.41) is 3.77. The highest BCUT2D eigenvalue weighted by atomic mass is 35.5. The van der Waals surface area contributed by atoms with Crippen molar-refractivity contribution < 1.29 is 4.39 Å². The highest BCUT2D eigenvalue weighted by Crippen LogP contribution is 2.16. The summed E-state index contributed by atoms with van der Waals surface area (Å²) in [4.78, 5) is 2.15. The van der Waals surface area contributed by atoms with Crippen LogP contribution in [0.5, 0.6) is 0 Å². The molecule has 4 heteroatoms. The highest BCUT2D eigenvalue weighted by molar-refractivity contribution is 6.31. The lowest BCUT2D eigenvalue weighted by atomic mass is 10.2. The third-order valence-corrected chi connectivity index (χ3v) is 2.64. The van der Waals surface area contributed by atoms with Gasteiger partial charge in [-0.1, -0.05) is 17.7 Å². The Bertz CT molecular complexity index is 329. The van der Waals surface area contributed by atoms with E-state index in [0.29, 0.717) is 11.6 Å². The van der Waals surface area contributed by atoms with Crippen molar-refractivity contribution in [3.05, 3.63) is 34.6 Å². The molecule has 0 heterocycles. The van der Waals surface area contributed by atoms with Crippen molar-refractivity contribution >= 4 is 11.6 Å². The van der Waals surface area contributed by atoms with Gasteiger partial charge in [0.1, 0.15) is 5.82 Å². The molecule has 1 aromatic rings. The van der Waals surface area contributed by atoms with Crippen molar-refractivity contribution in [2.24, 2.45) is 0 Å². The minimum Gasteiger partial charge on any atom is -0.313 e. The predicted octanol–water partition coefficient (Wildman–Crippen LogP) is 2.52. The second-order valence-electron chi connectivity index (χ2n) is 4.07. The fraction of sp³-hybridized carbons (Fsp3) is 0.500. The van der Waals surface area contributed by atoms with Crippen LogP contribution in [0.3, 0.4) is 0 Å². The van der Waals surface area contributed by atoms with E-state index in [-0.39, 0.29) is 5.82 Å². The van der Waals surface area contributed by atoms with Gasteiger partial charge in [-0.05, 0) is 51.3 Å². The second kappa shape index (κ2) is 6.84. The molecule has 90 valence electrons. The molecule has 0 aliphatic heterocycles. The molecule has 16 heavy (non-hydrogen) atoms. The first kappa shape index (κ1) is 13.4. The number of rotatable bonds is 6. The summed E-state index contributed by atoms with van der Waals surface area (Å²) in [5.41, 5.74) is 0.938. The molecule has 1 N–H and O–H groups in total. The Morgan fingerprint density at radius 1 is 1.38 bits per heavy atom. The van der Waals surface area contributed by atoms with Crippen LogP contribution >= 0.6 is 11.6 Å². The van der Waals surface area contributed by atoms with Crippen LogP contribution in [-0.4, -0.2) is 32.1 Å². The fourth-order valence-corrected chi connectivity index (χ4v) is 1.64. The topological polar surface area (TPSA) is 15.3 Å². The maximum atomic E-state index is 12.8. The van der Waals surface area contributed by atoms with Crippen molar-refractivity contribution in [3.63, 3.8) is 0 Å². The molecule has 0 atom stereocenters. The number of nitrogens with zero attached hydrogens (tertiary/aromatic N) is 1. The van der Waals surface area contributed by atoms with Crippen LogP contribution in [0.25, 0.3) is 0 Å². The van der Waals surface area contributed by atoms with E-state index in [9.17, 15) is 4.39 Å². The summed E-state index contributed by atoms with van der Waals surface area (Å²) in [6.07, 6.45) is 1.09. The van der Waals surface area contributed by atoms with Gasteiger partial charge in [0.25, 0.3) is 0 Å². The third-order valence-electron chi connectivity index (χ3n) is 2.29. The largest absolute Gasteiger partial charge is 0.313 e. The molecule has 0 bridgehead atoms. The second-order valence-corrected chi connectivity index (χ2v) is 4.48. The van der Waals surface area contributed by atoms with Crippen molar-refractivity contribution in [3.8, 4) is 0 Å². The maximum Gasteiger partial charge on any atom is 0.124 e. The van der Waals surface area contributed by atoms with Crippen molar-refractivity contribution in [1.82, 2.24) is 10.2 Å². The Labute approximate surface area is 101 Å². The molecule has 2 nitrogen and oxygen atoms in total. The zero-order chi connectivity index (χ0) is 12.0. The number of halogens is 2. The summed E-state index contributed by atoms with van der Waals surface area (Å²) in [6, 6.07) is 4.50. The lowest BCUT2D eigenvalue weighted by Crippen LogP contribution is -2.21. The van der Waals surface area contributed by atoms with Crippen LogP contribution in [0, 0.1) is 5.82 Å². The average Bonchev–Trinajstić information content (AvgIpc) is 2.20. The van der Waals surface area contributed by atoms with Gasteiger partial charge in [0, 0.05) is 11.6 Å². The zero-order valence-electron chi connectivity index (χ0n) is 9.76. The Balaban J connectivity index is 2.27. The van der Waals surface area contributed by atoms with E-state index in [4.69, 9.17) is 11.6 Å². The minimum atomic E-state index is -0.290. The van der Waals surface area contributed by atoms with Crippen LogP contribution < -0.4 is 5.32 Å². The number of hydrogen-bond acceptors (Lipinski definition) is 2.